The summed E-state index contributed by atoms with van der Waals surface area (Å²) in [6, 6.07) is 7.99. The molecule has 27 heavy (non-hydrogen) atoms. The summed E-state index contributed by atoms with van der Waals surface area (Å²) in [4.78, 5) is 22.8. The Morgan fingerprint density at radius 3 is 2.70 bits per heavy atom. The number of nitrogens with zero attached hydrogens (tertiary/aromatic N) is 3. The van der Waals surface area contributed by atoms with Gasteiger partial charge in [-0.15, -0.1) is 11.3 Å². The molecular weight excluding hydrogens is 360 g/mol. The quantitative estimate of drug-likeness (QED) is 0.816. The van der Waals surface area contributed by atoms with E-state index in [1.807, 2.05) is 23.1 Å². The fourth-order valence-corrected chi connectivity index (χ4v) is 4.83. The lowest BCUT2D eigenvalue weighted by molar-refractivity contribution is 0.208. The zero-order chi connectivity index (χ0) is 18.6. The molecule has 0 atom stereocenters. The Hall–Kier alpha value is -2.28. The summed E-state index contributed by atoms with van der Waals surface area (Å²) in [5.74, 6) is 0.875. The van der Waals surface area contributed by atoms with Gasteiger partial charge < -0.3 is 14.5 Å². The molecule has 1 fully saturated rings. The molecule has 0 radical (unpaired) electrons. The molecule has 144 valence electrons. The fourth-order valence-electron chi connectivity index (χ4n) is 3.79. The zero-order valence-corrected chi connectivity index (χ0v) is 16.6. The number of thiazole rings is 1. The molecule has 2 aliphatic rings. The fraction of sp³-hybridized carbons (Fsp3) is 0.500. The summed E-state index contributed by atoms with van der Waals surface area (Å²) in [6.45, 7) is 2.97. The number of para-hydroxylation sites is 2. The van der Waals surface area contributed by atoms with Crippen LogP contribution < -0.4 is 15.0 Å². The van der Waals surface area contributed by atoms with E-state index in [4.69, 9.17) is 4.74 Å². The first-order valence-corrected chi connectivity index (χ1v) is 10.5. The second kappa shape index (κ2) is 8.17. The lowest BCUT2D eigenvalue weighted by Crippen LogP contribution is -2.50. The molecule has 6 nitrogen and oxygen atoms in total. The molecule has 0 spiro atoms. The van der Waals surface area contributed by atoms with E-state index in [1.54, 1.807) is 18.4 Å². The predicted molar refractivity (Wildman–Crippen MR) is 109 cm³/mol. The molecule has 2 amide bonds. The van der Waals surface area contributed by atoms with E-state index in [2.05, 4.69) is 21.3 Å². The van der Waals surface area contributed by atoms with Crippen molar-refractivity contribution >= 4 is 28.2 Å². The van der Waals surface area contributed by atoms with Crippen LogP contribution in [-0.2, 0) is 12.8 Å². The van der Waals surface area contributed by atoms with Crippen molar-refractivity contribution in [3.8, 4) is 5.75 Å². The van der Waals surface area contributed by atoms with Gasteiger partial charge in [0.2, 0.25) is 0 Å². The van der Waals surface area contributed by atoms with E-state index in [1.165, 1.54) is 29.8 Å². The number of amides is 2. The number of urea groups is 1. The van der Waals surface area contributed by atoms with Crippen LogP contribution in [0.15, 0.2) is 24.3 Å². The van der Waals surface area contributed by atoms with Crippen molar-refractivity contribution in [2.45, 2.75) is 32.1 Å². The number of hydrogen-bond acceptors (Lipinski definition) is 5. The number of anilines is 2. The van der Waals surface area contributed by atoms with Gasteiger partial charge in [-0.25, -0.2) is 9.78 Å². The zero-order valence-electron chi connectivity index (χ0n) is 15.7. The van der Waals surface area contributed by atoms with Crippen LogP contribution >= 0.6 is 11.3 Å². The maximum absolute atomic E-state index is 12.7. The average molecular weight is 387 g/mol. The Morgan fingerprint density at radius 2 is 1.89 bits per heavy atom. The number of carbonyl (C=O) groups excluding carboxylic acids is 1. The van der Waals surface area contributed by atoms with Gasteiger partial charge in [-0.05, 0) is 37.8 Å². The van der Waals surface area contributed by atoms with E-state index < -0.39 is 0 Å². The number of ether oxygens (including phenoxy) is 1. The molecule has 1 saturated heterocycles. The van der Waals surface area contributed by atoms with Crippen LogP contribution in [0.2, 0.25) is 0 Å². The predicted octanol–water partition coefficient (Wildman–Crippen LogP) is 3.77. The van der Waals surface area contributed by atoms with E-state index in [0.717, 1.165) is 42.5 Å². The highest BCUT2D eigenvalue weighted by atomic mass is 32.1. The number of methoxy groups -OCH3 is 1. The minimum atomic E-state index is -0.0430. The molecule has 0 bridgehead atoms. The Morgan fingerprint density at radius 1 is 1.11 bits per heavy atom. The van der Waals surface area contributed by atoms with Crippen LogP contribution in [0.5, 0.6) is 5.75 Å². The minimum Gasteiger partial charge on any atom is -0.495 e. The molecule has 7 heteroatoms. The number of fused-ring (bicyclic) bond motifs is 1. The molecule has 1 aromatic heterocycles. The monoisotopic (exact) mass is 386 g/mol. The van der Waals surface area contributed by atoms with Crippen molar-refractivity contribution < 1.29 is 9.53 Å². The largest absolute Gasteiger partial charge is 0.495 e. The highest BCUT2D eigenvalue weighted by Gasteiger charge is 2.24. The van der Waals surface area contributed by atoms with E-state index >= 15 is 0 Å². The summed E-state index contributed by atoms with van der Waals surface area (Å²) in [5.41, 5.74) is 2.28. The van der Waals surface area contributed by atoms with Gasteiger partial charge in [0, 0.05) is 31.1 Å². The third-order valence-electron chi connectivity index (χ3n) is 5.30. The molecule has 1 aliphatic carbocycles. The third kappa shape index (κ3) is 4.03. The minimum absolute atomic E-state index is 0.0430. The summed E-state index contributed by atoms with van der Waals surface area (Å²) < 4.78 is 5.46. The Bertz CT molecular complexity index is 776. The van der Waals surface area contributed by atoms with E-state index in [9.17, 15) is 4.79 Å². The van der Waals surface area contributed by atoms with Gasteiger partial charge in [0.05, 0.1) is 18.5 Å². The first-order chi connectivity index (χ1) is 13.2. The van der Waals surface area contributed by atoms with Crippen LogP contribution in [0.1, 0.15) is 29.8 Å². The van der Waals surface area contributed by atoms with Crippen LogP contribution in [0.3, 0.4) is 0 Å². The van der Waals surface area contributed by atoms with E-state index in [0.29, 0.717) is 13.1 Å². The van der Waals surface area contributed by atoms with Gasteiger partial charge in [0.1, 0.15) is 5.75 Å². The average Bonchev–Trinajstić information content (AvgIpc) is 2.96. The molecule has 4 rings (SSSR count). The molecule has 1 N–H and O–H groups in total. The van der Waals surface area contributed by atoms with Crippen molar-refractivity contribution in [3.63, 3.8) is 0 Å². The van der Waals surface area contributed by atoms with Gasteiger partial charge in [-0.2, -0.15) is 0 Å². The standard InChI is InChI=1S/C20H26N4O2S/c1-26-17-9-6-5-8-16(17)23-11-13-24(14-12-23)20(25)22-19-21-15-7-3-2-4-10-18(15)27-19/h5-6,8-9H,2-4,7,10-14H2,1H3,(H,21,22,25). The maximum Gasteiger partial charge on any atom is 0.323 e. The van der Waals surface area contributed by atoms with Crippen molar-refractivity contribution in [1.82, 2.24) is 9.88 Å². The molecule has 1 aromatic carbocycles. The topological polar surface area (TPSA) is 57.7 Å². The van der Waals surface area contributed by atoms with E-state index in [-0.39, 0.29) is 6.03 Å². The van der Waals surface area contributed by atoms with Crippen LogP contribution in [0.25, 0.3) is 0 Å². The van der Waals surface area contributed by atoms with Gasteiger partial charge in [-0.1, -0.05) is 18.6 Å². The van der Waals surface area contributed by atoms with Crippen LogP contribution in [0, 0.1) is 0 Å². The van der Waals surface area contributed by atoms with Gasteiger partial charge in [0.25, 0.3) is 0 Å². The number of aromatic nitrogens is 1. The van der Waals surface area contributed by atoms with Crippen molar-refractivity contribution in [1.29, 1.82) is 0 Å². The normalized spacial score (nSPS) is 17.2. The summed E-state index contributed by atoms with van der Waals surface area (Å²) in [6.07, 6.45) is 5.85. The van der Waals surface area contributed by atoms with Crippen molar-refractivity contribution in [2.75, 3.05) is 43.5 Å². The molecule has 2 aromatic rings. The number of aryl methyl sites for hydroxylation is 2. The lowest BCUT2D eigenvalue weighted by atomic mass is 10.2. The molecular formula is C20H26N4O2S. The molecule has 0 unspecified atom stereocenters. The number of piperazine rings is 1. The lowest BCUT2D eigenvalue weighted by Gasteiger charge is -2.36. The Labute approximate surface area is 164 Å². The molecule has 1 aliphatic heterocycles. The number of rotatable bonds is 3. The molecule has 2 heterocycles. The smallest absolute Gasteiger partial charge is 0.323 e. The second-order valence-corrected chi connectivity index (χ2v) is 8.11. The number of nitrogens with one attached hydrogen (secondary N) is 1. The Kier molecular flexibility index (Phi) is 5.48. The number of hydrogen-bond donors (Lipinski definition) is 1. The van der Waals surface area contributed by atoms with Crippen molar-refractivity contribution in [2.24, 2.45) is 0 Å². The molecule has 0 saturated carbocycles. The SMILES string of the molecule is COc1ccccc1N1CCN(C(=O)Nc2nc3c(s2)CCCCC3)CC1. The van der Waals surface area contributed by atoms with Gasteiger partial charge >= 0.3 is 6.03 Å². The van der Waals surface area contributed by atoms with Crippen LogP contribution in [0.4, 0.5) is 15.6 Å². The first-order valence-electron chi connectivity index (χ1n) is 9.67. The third-order valence-corrected chi connectivity index (χ3v) is 6.38. The van der Waals surface area contributed by atoms with Crippen LogP contribution in [-0.4, -0.2) is 49.2 Å². The number of benzene rings is 1. The number of carbonyl (C=O) groups is 1. The van der Waals surface area contributed by atoms with Gasteiger partial charge in [0.15, 0.2) is 5.13 Å². The maximum atomic E-state index is 12.7. The second-order valence-electron chi connectivity index (χ2n) is 7.03. The Balaban J connectivity index is 1.35. The summed E-state index contributed by atoms with van der Waals surface area (Å²) in [7, 11) is 1.69. The highest BCUT2D eigenvalue weighted by molar-refractivity contribution is 7.15. The summed E-state index contributed by atoms with van der Waals surface area (Å²) in [5, 5.41) is 3.77. The van der Waals surface area contributed by atoms with Gasteiger partial charge in [-0.3, -0.25) is 5.32 Å². The first kappa shape index (κ1) is 18.1. The highest BCUT2D eigenvalue weighted by Crippen LogP contribution is 2.30. The van der Waals surface area contributed by atoms with Crippen molar-refractivity contribution in [3.05, 3.63) is 34.8 Å². The summed E-state index contributed by atoms with van der Waals surface area (Å²) >= 11 is 1.65.